The summed E-state index contributed by atoms with van der Waals surface area (Å²) in [6.07, 6.45) is -0.0944. The van der Waals surface area contributed by atoms with Crippen LogP contribution in [0.5, 0.6) is 11.5 Å². The van der Waals surface area contributed by atoms with E-state index >= 15 is 0 Å². The quantitative estimate of drug-likeness (QED) is 0.202. The SMILES string of the molecule is COc1cc2oc(=O)c(CC(=O)N[C@@H](CSCc3ccccc3)C(=O)NCCCC(=O)O)c(C)c2cc1OC. The summed E-state index contributed by atoms with van der Waals surface area (Å²) in [6, 6.07) is 12.1. The number of carbonyl (C=O) groups is 3. The highest BCUT2D eigenvalue weighted by atomic mass is 32.2. The predicted molar refractivity (Wildman–Crippen MR) is 148 cm³/mol. The molecule has 3 aromatic rings. The second kappa shape index (κ2) is 14.2. The number of aliphatic carboxylic acids is 1. The van der Waals surface area contributed by atoms with Crippen LogP contribution in [0.4, 0.5) is 0 Å². The molecule has 10 nitrogen and oxygen atoms in total. The second-order valence-electron chi connectivity index (χ2n) is 8.78. The Hall–Kier alpha value is -3.99. The average molecular weight is 557 g/mol. The van der Waals surface area contributed by atoms with Gasteiger partial charge >= 0.3 is 11.6 Å². The van der Waals surface area contributed by atoms with Crippen LogP contribution in [0.2, 0.25) is 0 Å². The van der Waals surface area contributed by atoms with Crippen molar-refractivity contribution in [1.29, 1.82) is 0 Å². The van der Waals surface area contributed by atoms with Crippen molar-refractivity contribution in [3.63, 3.8) is 0 Å². The molecule has 0 bridgehead atoms. The van der Waals surface area contributed by atoms with E-state index in [-0.39, 0.29) is 37.1 Å². The second-order valence-corrected chi connectivity index (χ2v) is 9.81. The van der Waals surface area contributed by atoms with Crippen molar-refractivity contribution in [1.82, 2.24) is 10.6 Å². The van der Waals surface area contributed by atoms with Crippen molar-refractivity contribution in [3.8, 4) is 11.5 Å². The van der Waals surface area contributed by atoms with E-state index in [0.717, 1.165) is 5.56 Å². The predicted octanol–water partition coefficient (Wildman–Crippen LogP) is 3.06. The van der Waals surface area contributed by atoms with Gasteiger partial charge in [0.1, 0.15) is 11.6 Å². The molecule has 0 aliphatic rings. The van der Waals surface area contributed by atoms with Gasteiger partial charge in [-0.2, -0.15) is 11.8 Å². The van der Waals surface area contributed by atoms with Gasteiger partial charge in [-0.15, -0.1) is 0 Å². The number of methoxy groups -OCH3 is 2. The van der Waals surface area contributed by atoms with Crippen molar-refractivity contribution in [2.45, 2.75) is 38.0 Å². The summed E-state index contributed by atoms with van der Waals surface area (Å²) in [4.78, 5) is 49.4. The summed E-state index contributed by atoms with van der Waals surface area (Å²) in [5.74, 6) is -0.111. The molecule has 0 saturated heterocycles. The van der Waals surface area contributed by atoms with Crippen LogP contribution in [0, 0.1) is 6.92 Å². The third-order valence-corrected chi connectivity index (χ3v) is 7.15. The molecule has 1 aromatic heterocycles. The molecule has 0 radical (unpaired) electrons. The molecule has 3 rings (SSSR count). The summed E-state index contributed by atoms with van der Waals surface area (Å²) >= 11 is 1.48. The van der Waals surface area contributed by atoms with Crippen LogP contribution in [0.15, 0.2) is 51.7 Å². The number of carboxylic acid groups (broad SMARTS) is 1. The van der Waals surface area contributed by atoms with Crippen molar-refractivity contribution in [3.05, 3.63) is 69.6 Å². The summed E-state index contributed by atoms with van der Waals surface area (Å²) in [5.41, 5.74) is 1.45. The molecule has 0 aliphatic heterocycles. The highest BCUT2D eigenvalue weighted by Crippen LogP contribution is 2.33. The number of amides is 2. The van der Waals surface area contributed by atoms with E-state index in [4.69, 9.17) is 19.0 Å². The normalized spacial score (nSPS) is 11.6. The van der Waals surface area contributed by atoms with E-state index in [1.54, 1.807) is 19.1 Å². The number of thioether (sulfide) groups is 1. The van der Waals surface area contributed by atoms with Crippen LogP contribution in [0.25, 0.3) is 11.0 Å². The molecule has 1 atom stereocenters. The van der Waals surface area contributed by atoms with Crippen molar-refractivity contribution < 1.29 is 33.4 Å². The van der Waals surface area contributed by atoms with E-state index in [1.165, 1.54) is 26.0 Å². The first-order valence-electron chi connectivity index (χ1n) is 12.3. The maximum Gasteiger partial charge on any atom is 0.340 e. The fourth-order valence-electron chi connectivity index (χ4n) is 3.95. The van der Waals surface area contributed by atoms with Crippen molar-refractivity contribution in [2.24, 2.45) is 0 Å². The molecule has 2 amide bonds. The van der Waals surface area contributed by atoms with Crippen LogP contribution in [-0.2, 0) is 26.6 Å². The Morgan fingerprint density at radius 3 is 2.44 bits per heavy atom. The van der Waals surface area contributed by atoms with Crippen molar-refractivity contribution in [2.75, 3.05) is 26.5 Å². The van der Waals surface area contributed by atoms with Crippen LogP contribution in [0.1, 0.15) is 29.5 Å². The van der Waals surface area contributed by atoms with Gasteiger partial charge in [0.25, 0.3) is 0 Å². The topological polar surface area (TPSA) is 144 Å². The Kier molecular flexibility index (Phi) is 10.8. The van der Waals surface area contributed by atoms with E-state index in [2.05, 4.69) is 10.6 Å². The highest BCUT2D eigenvalue weighted by Gasteiger charge is 2.23. The summed E-state index contributed by atoms with van der Waals surface area (Å²) < 4.78 is 16.1. The largest absolute Gasteiger partial charge is 0.493 e. The fraction of sp³-hybridized carbons (Fsp3) is 0.357. The van der Waals surface area contributed by atoms with E-state index in [9.17, 15) is 19.2 Å². The van der Waals surface area contributed by atoms with Gasteiger partial charge < -0.3 is 29.6 Å². The number of fused-ring (bicyclic) bond motifs is 1. The summed E-state index contributed by atoms with van der Waals surface area (Å²) in [7, 11) is 2.97. The van der Waals surface area contributed by atoms with Gasteiger partial charge in [-0.3, -0.25) is 14.4 Å². The number of hydrogen-bond acceptors (Lipinski definition) is 8. The molecule has 0 spiro atoms. The molecular formula is C28H32N2O8S. The lowest BCUT2D eigenvalue weighted by molar-refractivity contribution is -0.137. The number of hydrogen-bond donors (Lipinski definition) is 3. The van der Waals surface area contributed by atoms with Gasteiger partial charge in [-0.05, 0) is 30.5 Å². The maximum absolute atomic E-state index is 13.0. The van der Waals surface area contributed by atoms with Crippen LogP contribution < -0.4 is 25.7 Å². The molecule has 0 aliphatic carbocycles. The van der Waals surface area contributed by atoms with Gasteiger partial charge in [0.15, 0.2) is 11.5 Å². The Morgan fingerprint density at radius 2 is 1.77 bits per heavy atom. The molecule has 208 valence electrons. The lowest BCUT2D eigenvalue weighted by atomic mass is 10.0. The fourth-order valence-corrected chi connectivity index (χ4v) is 4.97. The monoisotopic (exact) mass is 556 g/mol. The number of ether oxygens (including phenoxy) is 2. The standard InChI is InChI=1S/C28H32N2O8S/c1-17-19-12-23(36-2)24(37-3)14-22(19)38-28(35)20(17)13-25(31)30-21(27(34)29-11-7-10-26(32)33)16-39-15-18-8-5-4-6-9-18/h4-6,8-9,12,14,21H,7,10-11,13,15-16H2,1-3H3,(H,29,34)(H,30,31)(H,32,33)/t21-/m0/s1. The average Bonchev–Trinajstić information content (AvgIpc) is 2.92. The number of aryl methyl sites for hydroxylation is 1. The van der Waals surface area contributed by atoms with E-state index < -0.39 is 29.5 Å². The number of nitrogens with one attached hydrogen (secondary N) is 2. The molecule has 2 aromatic carbocycles. The first-order valence-corrected chi connectivity index (χ1v) is 13.5. The zero-order valence-corrected chi connectivity index (χ0v) is 22.9. The Balaban J connectivity index is 1.75. The first-order chi connectivity index (χ1) is 18.7. The Morgan fingerprint density at radius 1 is 1.08 bits per heavy atom. The summed E-state index contributed by atoms with van der Waals surface area (Å²) in [5, 5.41) is 14.8. The van der Waals surface area contributed by atoms with Crippen molar-refractivity contribution >= 4 is 40.5 Å². The molecule has 11 heteroatoms. The minimum Gasteiger partial charge on any atom is -0.493 e. The molecule has 39 heavy (non-hydrogen) atoms. The molecule has 0 saturated carbocycles. The Labute approximate surface area is 230 Å². The third kappa shape index (κ3) is 8.25. The van der Waals surface area contributed by atoms with Crippen LogP contribution >= 0.6 is 11.8 Å². The molecule has 0 fully saturated rings. The smallest absolute Gasteiger partial charge is 0.340 e. The number of rotatable bonds is 14. The zero-order valence-electron chi connectivity index (χ0n) is 22.1. The number of benzene rings is 2. The lowest BCUT2D eigenvalue weighted by Gasteiger charge is -2.19. The highest BCUT2D eigenvalue weighted by molar-refractivity contribution is 7.98. The molecule has 3 N–H and O–H groups in total. The number of carbonyl (C=O) groups excluding carboxylic acids is 2. The maximum atomic E-state index is 13.0. The minimum absolute atomic E-state index is 0.0757. The zero-order chi connectivity index (χ0) is 28.4. The summed E-state index contributed by atoms with van der Waals surface area (Å²) in [6.45, 7) is 1.88. The van der Waals surface area contributed by atoms with E-state index in [1.807, 2.05) is 30.3 Å². The van der Waals surface area contributed by atoms with Crippen LogP contribution in [-0.4, -0.2) is 55.4 Å². The number of carboxylic acids is 1. The first kappa shape index (κ1) is 29.6. The van der Waals surface area contributed by atoms with Gasteiger partial charge in [0.2, 0.25) is 11.8 Å². The van der Waals surface area contributed by atoms with Gasteiger partial charge in [-0.25, -0.2) is 4.79 Å². The van der Waals surface area contributed by atoms with Gasteiger partial charge in [0, 0.05) is 35.9 Å². The molecule has 0 unspecified atom stereocenters. The lowest BCUT2D eigenvalue weighted by Crippen LogP contribution is -2.49. The molecule has 1 heterocycles. The van der Waals surface area contributed by atoms with Gasteiger partial charge in [-0.1, -0.05) is 30.3 Å². The van der Waals surface area contributed by atoms with Gasteiger partial charge in [0.05, 0.1) is 26.2 Å². The minimum atomic E-state index is -0.951. The van der Waals surface area contributed by atoms with E-state index in [0.29, 0.717) is 33.8 Å². The third-order valence-electron chi connectivity index (χ3n) is 6.04. The van der Waals surface area contributed by atoms with Crippen LogP contribution in [0.3, 0.4) is 0 Å². The molecular weight excluding hydrogens is 524 g/mol. The Bertz CT molecular complexity index is 1370.